The van der Waals surface area contributed by atoms with Crippen molar-refractivity contribution in [2.24, 2.45) is 0 Å². The van der Waals surface area contributed by atoms with Crippen LogP contribution in [0.2, 0.25) is 0 Å². The van der Waals surface area contributed by atoms with Crippen LogP contribution < -0.4 is 10.2 Å². The number of benzene rings is 1. The Labute approximate surface area is 177 Å². The molecule has 0 atom stereocenters. The summed E-state index contributed by atoms with van der Waals surface area (Å²) >= 11 is 0. The molecule has 0 unspecified atom stereocenters. The van der Waals surface area contributed by atoms with Crippen molar-refractivity contribution in [3.8, 4) is 5.75 Å². The average molecular weight is 412 g/mol. The molecule has 2 heterocycles. The first-order valence-corrected chi connectivity index (χ1v) is 10.5. The third-order valence-electron chi connectivity index (χ3n) is 5.30. The first-order valence-electron chi connectivity index (χ1n) is 10.5. The van der Waals surface area contributed by atoms with Gasteiger partial charge in [0, 0.05) is 37.4 Å². The van der Waals surface area contributed by atoms with E-state index in [1.807, 2.05) is 23.3 Å². The van der Waals surface area contributed by atoms with E-state index >= 15 is 0 Å². The molecule has 2 aromatic rings. The Kier molecular flexibility index (Phi) is 7.79. The van der Waals surface area contributed by atoms with Crippen molar-refractivity contribution in [1.29, 1.82) is 0 Å². The van der Waals surface area contributed by atoms with Crippen LogP contribution in [0, 0.1) is 0 Å². The van der Waals surface area contributed by atoms with Gasteiger partial charge in [-0.3, -0.25) is 9.78 Å². The average Bonchev–Trinajstić information content (AvgIpc) is 2.75. The number of hydrogen-bond acceptors (Lipinski definition) is 5. The summed E-state index contributed by atoms with van der Waals surface area (Å²) < 4.78 is 0. The zero-order valence-electron chi connectivity index (χ0n) is 17.3. The highest BCUT2D eigenvalue weighted by Crippen LogP contribution is 2.21. The fourth-order valence-electron chi connectivity index (χ4n) is 3.59. The van der Waals surface area contributed by atoms with Gasteiger partial charge in [-0.25, -0.2) is 4.79 Å². The van der Waals surface area contributed by atoms with Crippen molar-refractivity contribution in [3.05, 3.63) is 59.4 Å². The van der Waals surface area contributed by atoms with Crippen LogP contribution in [0.4, 0.5) is 0 Å². The van der Waals surface area contributed by atoms with E-state index in [1.165, 1.54) is 17.8 Å². The van der Waals surface area contributed by atoms with Crippen molar-refractivity contribution in [1.82, 2.24) is 15.4 Å². The number of rotatable bonds is 9. The number of aromatic carboxylic acids is 1. The van der Waals surface area contributed by atoms with Gasteiger partial charge in [0.2, 0.25) is 5.91 Å². The molecule has 2 N–H and O–H groups in total. The lowest BCUT2D eigenvalue weighted by molar-refractivity contribution is -0.123. The second-order valence-electron chi connectivity index (χ2n) is 7.52. The molecule has 1 fully saturated rings. The van der Waals surface area contributed by atoms with Crippen LogP contribution in [0.15, 0.2) is 42.6 Å². The Morgan fingerprint density at radius 2 is 2.00 bits per heavy atom. The minimum absolute atomic E-state index is 0.0279. The van der Waals surface area contributed by atoms with Crippen molar-refractivity contribution < 1.29 is 19.5 Å². The number of hydrogen-bond donors (Lipinski definition) is 2. The maximum absolute atomic E-state index is 12.3. The lowest BCUT2D eigenvalue weighted by Gasteiger charge is -2.32. The number of carboxylic acid groups (broad SMARTS) is 1. The van der Waals surface area contributed by atoms with E-state index < -0.39 is 5.97 Å². The van der Waals surface area contributed by atoms with Crippen LogP contribution in [-0.4, -0.2) is 46.2 Å². The fraction of sp³-hybridized carbons (Fsp3) is 0.435. The Balaban J connectivity index is 1.37. The number of carboxylic acids is 1. The number of para-hydroxylation sites is 1. The third-order valence-corrected chi connectivity index (χ3v) is 5.30. The van der Waals surface area contributed by atoms with Gasteiger partial charge in [0.25, 0.3) is 0 Å². The maximum Gasteiger partial charge on any atom is 0.335 e. The van der Waals surface area contributed by atoms with Gasteiger partial charge in [0.1, 0.15) is 0 Å². The first kappa shape index (κ1) is 21.8. The minimum Gasteiger partial charge on any atom is -0.478 e. The van der Waals surface area contributed by atoms with Crippen molar-refractivity contribution in [3.63, 3.8) is 0 Å². The molecule has 0 radical (unpaired) electrons. The molecule has 1 amide bonds. The zero-order chi connectivity index (χ0) is 21.3. The molecule has 0 aliphatic carbocycles. The number of piperidine rings is 1. The standard InChI is InChI=1S/C23H29N3O4/c1-2-17-6-3-4-8-21(17)30-26-14-11-19(12-15-26)25-22(27)9-5-7-20-16-18(23(28)29)10-13-24-20/h3-4,6,8,10,13,16,19H,2,5,7,9,11-12,14-15H2,1H3,(H,25,27)(H,28,29). The Hall–Kier alpha value is -2.93. The van der Waals surface area contributed by atoms with E-state index in [9.17, 15) is 9.59 Å². The van der Waals surface area contributed by atoms with Crippen LogP contribution in [-0.2, 0) is 17.6 Å². The normalized spacial score (nSPS) is 15.0. The summed E-state index contributed by atoms with van der Waals surface area (Å²) in [5.74, 6) is -0.0342. The smallest absolute Gasteiger partial charge is 0.335 e. The van der Waals surface area contributed by atoms with E-state index in [2.05, 4.69) is 23.3 Å². The van der Waals surface area contributed by atoms with Crippen LogP contribution in [0.3, 0.4) is 0 Å². The molecule has 7 nitrogen and oxygen atoms in total. The van der Waals surface area contributed by atoms with E-state index in [4.69, 9.17) is 9.94 Å². The van der Waals surface area contributed by atoms with E-state index in [0.717, 1.165) is 38.1 Å². The van der Waals surface area contributed by atoms with Gasteiger partial charge >= 0.3 is 5.97 Å². The van der Waals surface area contributed by atoms with Gasteiger partial charge in [-0.1, -0.05) is 25.1 Å². The lowest BCUT2D eigenvalue weighted by Crippen LogP contribution is -2.45. The predicted octanol–water partition coefficient (Wildman–Crippen LogP) is 3.24. The number of nitrogens with zero attached hydrogens (tertiary/aromatic N) is 2. The highest BCUT2D eigenvalue weighted by Gasteiger charge is 2.22. The quantitative estimate of drug-likeness (QED) is 0.658. The van der Waals surface area contributed by atoms with Gasteiger partial charge in [0.05, 0.1) is 5.56 Å². The molecular formula is C23H29N3O4. The van der Waals surface area contributed by atoms with Gasteiger partial charge in [-0.15, -0.1) is 5.06 Å². The van der Waals surface area contributed by atoms with E-state index in [-0.39, 0.29) is 17.5 Å². The van der Waals surface area contributed by atoms with Crippen molar-refractivity contribution in [2.45, 2.75) is 51.5 Å². The molecule has 7 heteroatoms. The summed E-state index contributed by atoms with van der Waals surface area (Å²) in [5, 5.41) is 14.1. The van der Waals surface area contributed by atoms with Gasteiger partial charge in [0.15, 0.2) is 5.75 Å². The molecule has 160 valence electrons. The van der Waals surface area contributed by atoms with Crippen molar-refractivity contribution >= 4 is 11.9 Å². The molecular weight excluding hydrogens is 382 g/mol. The molecule has 0 bridgehead atoms. The minimum atomic E-state index is -0.968. The fourth-order valence-corrected chi connectivity index (χ4v) is 3.59. The second kappa shape index (κ2) is 10.7. The van der Waals surface area contributed by atoms with Gasteiger partial charge < -0.3 is 15.3 Å². The Morgan fingerprint density at radius 1 is 1.23 bits per heavy atom. The largest absolute Gasteiger partial charge is 0.478 e. The highest BCUT2D eigenvalue weighted by molar-refractivity contribution is 5.87. The number of nitrogens with one attached hydrogen (secondary N) is 1. The third kappa shape index (κ3) is 6.29. The van der Waals surface area contributed by atoms with Crippen LogP contribution in [0.1, 0.15) is 54.2 Å². The summed E-state index contributed by atoms with van der Waals surface area (Å²) in [6.45, 7) is 3.66. The zero-order valence-corrected chi connectivity index (χ0v) is 17.3. The van der Waals surface area contributed by atoms with Gasteiger partial charge in [-0.05, 0) is 55.9 Å². The van der Waals surface area contributed by atoms with Crippen LogP contribution in [0.5, 0.6) is 5.75 Å². The Bertz CT molecular complexity index is 863. The summed E-state index contributed by atoms with van der Waals surface area (Å²) in [6.07, 6.45) is 5.74. The summed E-state index contributed by atoms with van der Waals surface area (Å²) in [6, 6.07) is 11.3. The number of amides is 1. The predicted molar refractivity (Wildman–Crippen MR) is 113 cm³/mol. The SMILES string of the molecule is CCc1ccccc1ON1CCC(NC(=O)CCCc2cc(C(=O)O)ccn2)CC1. The molecule has 1 aromatic heterocycles. The molecule has 0 spiro atoms. The first-order chi connectivity index (χ1) is 14.5. The van der Waals surface area contributed by atoms with E-state index in [0.29, 0.717) is 25.0 Å². The van der Waals surface area contributed by atoms with Crippen molar-refractivity contribution in [2.75, 3.05) is 13.1 Å². The Morgan fingerprint density at radius 3 is 2.73 bits per heavy atom. The summed E-state index contributed by atoms with van der Waals surface area (Å²) in [5.41, 5.74) is 2.11. The van der Waals surface area contributed by atoms with E-state index in [1.54, 1.807) is 6.07 Å². The maximum atomic E-state index is 12.3. The molecule has 30 heavy (non-hydrogen) atoms. The van der Waals surface area contributed by atoms with Crippen LogP contribution >= 0.6 is 0 Å². The number of aryl methyl sites for hydroxylation is 2. The summed E-state index contributed by atoms with van der Waals surface area (Å²) in [7, 11) is 0. The molecule has 1 saturated heterocycles. The number of carbonyl (C=O) groups is 2. The molecule has 0 saturated carbocycles. The van der Waals surface area contributed by atoms with Gasteiger partial charge in [-0.2, -0.15) is 0 Å². The molecule has 1 aromatic carbocycles. The topological polar surface area (TPSA) is 91.8 Å². The number of aromatic nitrogens is 1. The molecule has 1 aliphatic heterocycles. The second-order valence-corrected chi connectivity index (χ2v) is 7.52. The monoisotopic (exact) mass is 411 g/mol. The molecule has 3 rings (SSSR count). The molecule has 1 aliphatic rings. The highest BCUT2D eigenvalue weighted by atomic mass is 16.7. The number of hydroxylamine groups is 2. The number of pyridine rings is 1. The van der Waals surface area contributed by atoms with Crippen LogP contribution in [0.25, 0.3) is 0 Å². The summed E-state index contributed by atoms with van der Waals surface area (Å²) in [4.78, 5) is 33.5. The lowest BCUT2D eigenvalue weighted by atomic mass is 10.1. The number of carbonyl (C=O) groups excluding carboxylic acids is 1.